The summed E-state index contributed by atoms with van der Waals surface area (Å²) in [5.74, 6) is -0.518. The molecule has 0 unspecified atom stereocenters. The van der Waals surface area contributed by atoms with Crippen molar-refractivity contribution in [2.45, 2.75) is 0 Å². The third-order valence-electron chi connectivity index (χ3n) is 3.17. The van der Waals surface area contributed by atoms with Crippen LogP contribution in [0.1, 0.15) is 0 Å². The summed E-state index contributed by atoms with van der Waals surface area (Å²) in [7, 11) is 0. The Balaban J connectivity index is 2.12. The van der Waals surface area contributed by atoms with Crippen molar-refractivity contribution in [2.75, 3.05) is 4.90 Å². The number of benzene rings is 2. The van der Waals surface area contributed by atoms with Crippen LogP contribution in [0.2, 0.25) is 0 Å². The molecule has 0 aliphatic heterocycles. The second-order valence-electron chi connectivity index (χ2n) is 4.65. The van der Waals surface area contributed by atoms with Crippen LogP contribution in [0.25, 0.3) is 5.69 Å². The summed E-state index contributed by atoms with van der Waals surface area (Å²) in [6.45, 7) is 0. The predicted molar refractivity (Wildman–Crippen MR) is 82.9 cm³/mol. The van der Waals surface area contributed by atoms with E-state index in [0.717, 1.165) is 4.90 Å². The molecule has 1 heterocycles. The first kappa shape index (κ1) is 14.4. The standard InChI is InChI=1S/C15H13N5O3/c16-14(23)19(11-6-7-12(21)13(22)8-11)15-17-9-18-20(15)10-4-2-1-3-5-10/h1-9,21-22H,(H2,16,23). The normalized spacial score (nSPS) is 10.4. The lowest BCUT2D eigenvalue weighted by atomic mass is 10.2. The van der Waals surface area contributed by atoms with Gasteiger partial charge in [-0.1, -0.05) is 18.2 Å². The highest BCUT2D eigenvalue weighted by atomic mass is 16.3. The zero-order valence-electron chi connectivity index (χ0n) is 11.9. The SMILES string of the molecule is NC(=O)N(c1ccc(O)c(O)c1)c1ncnn1-c1ccccc1. The van der Waals surface area contributed by atoms with Gasteiger partial charge >= 0.3 is 6.03 Å². The topological polar surface area (TPSA) is 118 Å². The molecule has 0 spiro atoms. The van der Waals surface area contributed by atoms with Crippen molar-refractivity contribution in [3.63, 3.8) is 0 Å². The Kier molecular flexibility index (Phi) is 3.55. The van der Waals surface area contributed by atoms with Crippen molar-refractivity contribution < 1.29 is 15.0 Å². The third kappa shape index (κ3) is 2.64. The highest BCUT2D eigenvalue weighted by Crippen LogP contribution is 2.32. The number of carbonyl (C=O) groups excluding carboxylic acids is 1. The Morgan fingerprint density at radius 2 is 1.83 bits per heavy atom. The maximum absolute atomic E-state index is 11.9. The van der Waals surface area contributed by atoms with Gasteiger partial charge in [0.1, 0.15) is 6.33 Å². The molecule has 0 aliphatic carbocycles. The molecule has 8 heteroatoms. The fourth-order valence-corrected chi connectivity index (χ4v) is 2.13. The van der Waals surface area contributed by atoms with Gasteiger partial charge in [-0.3, -0.25) is 0 Å². The molecule has 0 bridgehead atoms. The Morgan fingerprint density at radius 1 is 1.09 bits per heavy atom. The molecule has 3 rings (SSSR count). The first-order chi connectivity index (χ1) is 11.1. The number of urea groups is 1. The van der Waals surface area contributed by atoms with Gasteiger partial charge in [0.25, 0.3) is 0 Å². The van der Waals surface area contributed by atoms with E-state index in [9.17, 15) is 15.0 Å². The molecule has 23 heavy (non-hydrogen) atoms. The van der Waals surface area contributed by atoms with Crippen LogP contribution in [-0.2, 0) is 0 Å². The van der Waals surface area contributed by atoms with Gasteiger partial charge < -0.3 is 15.9 Å². The number of aromatic nitrogens is 3. The van der Waals surface area contributed by atoms with Crippen molar-refractivity contribution >= 4 is 17.7 Å². The van der Waals surface area contributed by atoms with E-state index in [1.165, 1.54) is 29.2 Å². The van der Waals surface area contributed by atoms with Crippen LogP contribution in [0.15, 0.2) is 54.9 Å². The molecule has 1 aromatic heterocycles. The predicted octanol–water partition coefficient (Wildman–Crippen LogP) is 1.90. The molecule has 116 valence electrons. The average molecular weight is 311 g/mol. The number of aromatic hydroxyl groups is 2. The minimum atomic E-state index is -0.805. The number of para-hydroxylation sites is 1. The van der Waals surface area contributed by atoms with E-state index in [4.69, 9.17) is 5.73 Å². The maximum Gasteiger partial charge on any atom is 0.326 e. The lowest BCUT2D eigenvalue weighted by molar-refractivity contribution is 0.255. The second-order valence-corrected chi connectivity index (χ2v) is 4.65. The maximum atomic E-state index is 11.9. The summed E-state index contributed by atoms with van der Waals surface area (Å²) in [4.78, 5) is 17.1. The molecule has 2 aromatic carbocycles. The number of anilines is 2. The quantitative estimate of drug-likeness (QED) is 0.638. The Morgan fingerprint density at radius 3 is 2.48 bits per heavy atom. The van der Waals surface area contributed by atoms with Crippen LogP contribution in [-0.4, -0.2) is 31.0 Å². The van der Waals surface area contributed by atoms with E-state index in [1.807, 2.05) is 18.2 Å². The number of primary amides is 1. The third-order valence-corrected chi connectivity index (χ3v) is 3.17. The summed E-state index contributed by atoms with van der Waals surface area (Å²) >= 11 is 0. The molecule has 8 nitrogen and oxygen atoms in total. The molecule has 2 amide bonds. The molecule has 0 fully saturated rings. The Hall–Kier alpha value is -3.55. The van der Waals surface area contributed by atoms with E-state index in [0.29, 0.717) is 5.69 Å². The number of nitrogens with zero attached hydrogens (tertiary/aromatic N) is 4. The minimum Gasteiger partial charge on any atom is -0.504 e. The number of hydrogen-bond donors (Lipinski definition) is 3. The van der Waals surface area contributed by atoms with E-state index >= 15 is 0 Å². The summed E-state index contributed by atoms with van der Waals surface area (Å²) in [5, 5.41) is 23.2. The van der Waals surface area contributed by atoms with Gasteiger partial charge in [-0.2, -0.15) is 14.8 Å². The number of rotatable bonds is 3. The fraction of sp³-hybridized carbons (Fsp3) is 0. The highest BCUT2D eigenvalue weighted by Gasteiger charge is 2.22. The molecule has 4 N–H and O–H groups in total. The monoisotopic (exact) mass is 311 g/mol. The zero-order chi connectivity index (χ0) is 16.4. The van der Waals surface area contributed by atoms with Gasteiger partial charge in [0.2, 0.25) is 5.95 Å². The van der Waals surface area contributed by atoms with Crippen LogP contribution < -0.4 is 10.6 Å². The lowest BCUT2D eigenvalue weighted by Gasteiger charge is -2.20. The van der Waals surface area contributed by atoms with Crippen LogP contribution >= 0.6 is 0 Å². The molecular formula is C15H13N5O3. The van der Waals surface area contributed by atoms with Crippen molar-refractivity contribution in [3.8, 4) is 17.2 Å². The number of hydrogen-bond acceptors (Lipinski definition) is 5. The first-order valence-corrected chi connectivity index (χ1v) is 6.65. The van der Waals surface area contributed by atoms with Gasteiger partial charge in [0.15, 0.2) is 11.5 Å². The van der Waals surface area contributed by atoms with Gasteiger partial charge in [-0.25, -0.2) is 9.69 Å². The number of nitrogens with two attached hydrogens (primary N) is 1. The van der Waals surface area contributed by atoms with Crippen LogP contribution in [0.5, 0.6) is 11.5 Å². The molecule has 0 saturated heterocycles. The first-order valence-electron chi connectivity index (χ1n) is 6.65. The highest BCUT2D eigenvalue weighted by molar-refractivity contribution is 5.97. The van der Waals surface area contributed by atoms with E-state index in [-0.39, 0.29) is 23.1 Å². The van der Waals surface area contributed by atoms with Gasteiger partial charge in [-0.15, -0.1) is 0 Å². The van der Waals surface area contributed by atoms with Crippen molar-refractivity contribution in [1.29, 1.82) is 0 Å². The number of phenols is 2. The second kappa shape index (κ2) is 5.68. The minimum absolute atomic E-state index is 0.161. The van der Waals surface area contributed by atoms with Crippen molar-refractivity contribution in [2.24, 2.45) is 5.73 Å². The summed E-state index contributed by atoms with van der Waals surface area (Å²) < 4.78 is 1.44. The fourth-order valence-electron chi connectivity index (χ4n) is 2.13. The van der Waals surface area contributed by atoms with Crippen LogP contribution in [0.4, 0.5) is 16.4 Å². The van der Waals surface area contributed by atoms with Gasteiger partial charge in [-0.05, 0) is 24.3 Å². The van der Waals surface area contributed by atoms with Crippen LogP contribution in [0, 0.1) is 0 Å². The van der Waals surface area contributed by atoms with E-state index in [2.05, 4.69) is 10.1 Å². The zero-order valence-corrected chi connectivity index (χ0v) is 11.9. The van der Waals surface area contributed by atoms with Gasteiger partial charge in [0.05, 0.1) is 11.4 Å². The number of phenolic OH excluding ortho intramolecular Hbond substituents is 2. The van der Waals surface area contributed by atoms with Crippen LogP contribution in [0.3, 0.4) is 0 Å². The van der Waals surface area contributed by atoms with Crippen molar-refractivity contribution in [1.82, 2.24) is 14.8 Å². The summed E-state index contributed by atoms with van der Waals surface area (Å²) in [6.07, 6.45) is 1.29. The van der Waals surface area contributed by atoms with Gasteiger partial charge in [0, 0.05) is 6.07 Å². The molecule has 0 saturated carbocycles. The Labute approximate surface area is 131 Å². The molecule has 0 aliphatic rings. The molecule has 0 radical (unpaired) electrons. The number of carbonyl (C=O) groups is 1. The Bertz CT molecular complexity index is 847. The molecular weight excluding hydrogens is 298 g/mol. The van der Waals surface area contributed by atoms with E-state index in [1.54, 1.807) is 12.1 Å². The van der Waals surface area contributed by atoms with E-state index < -0.39 is 6.03 Å². The largest absolute Gasteiger partial charge is 0.504 e. The summed E-state index contributed by atoms with van der Waals surface area (Å²) in [6, 6.07) is 12.2. The van der Waals surface area contributed by atoms with Crippen molar-refractivity contribution in [3.05, 3.63) is 54.9 Å². The molecule has 3 aromatic rings. The molecule has 0 atom stereocenters. The lowest BCUT2D eigenvalue weighted by Crippen LogP contribution is -2.33. The average Bonchev–Trinajstić information content (AvgIpc) is 3.00. The smallest absolute Gasteiger partial charge is 0.326 e. The number of amides is 2. The summed E-state index contributed by atoms with van der Waals surface area (Å²) in [5.41, 5.74) is 6.39.